The van der Waals surface area contributed by atoms with E-state index in [1.54, 1.807) is 4.90 Å². The van der Waals surface area contributed by atoms with E-state index >= 15 is 0 Å². The molecular formula is C23H23NO4. The van der Waals surface area contributed by atoms with Crippen molar-refractivity contribution in [3.8, 4) is 0 Å². The molecule has 144 valence electrons. The van der Waals surface area contributed by atoms with Crippen LogP contribution in [0.4, 0.5) is 0 Å². The van der Waals surface area contributed by atoms with Crippen LogP contribution in [-0.4, -0.2) is 48.7 Å². The highest BCUT2D eigenvalue weighted by Gasteiger charge is 2.27. The maximum atomic E-state index is 13.0. The number of carbonyl (C=O) groups excluding carboxylic acids is 2. The predicted molar refractivity (Wildman–Crippen MR) is 108 cm³/mol. The van der Waals surface area contributed by atoms with Crippen molar-refractivity contribution < 1.29 is 19.1 Å². The number of benzene rings is 3. The average Bonchev–Trinajstić information content (AvgIpc) is 2.69. The summed E-state index contributed by atoms with van der Waals surface area (Å²) in [5.74, 6) is -0.671. The number of esters is 1. The Labute approximate surface area is 163 Å². The molecule has 5 heteroatoms. The molecule has 0 spiro atoms. The number of nitrogens with zero attached hydrogens (tertiary/aromatic N) is 1. The molecule has 0 aliphatic carbocycles. The fourth-order valence-corrected chi connectivity index (χ4v) is 3.91. The maximum absolute atomic E-state index is 13.0. The first-order valence-corrected chi connectivity index (χ1v) is 9.54. The van der Waals surface area contributed by atoms with Crippen LogP contribution < -0.4 is 0 Å². The zero-order valence-electron chi connectivity index (χ0n) is 16.1. The fourth-order valence-electron chi connectivity index (χ4n) is 3.91. The highest BCUT2D eigenvalue weighted by Crippen LogP contribution is 2.29. The molecule has 1 saturated heterocycles. The molecule has 2 atom stereocenters. The standard InChI is InChI=1S/C23H23NO4/c1-15-12-24(13-16(2)28-15)21(25)14-27-23(26)22-19-9-5-3-7-17(19)11-18-8-4-6-10-20(18)22/h3-11,15-16H,12-14H2,1-2H3/t15-,16-/m1/s1. The summed E-state index contributed by atoms with van der Waals surface area (Å²) in [6.45, 7) is 4.63. The Kier molecular flexibility index (Phi) is 5.01. The zero-order valence-corrected chi connectivity index (χ0v) is 16.1. The minimum atomic E-state index is -0.476. The fraction of sp³-hybridized carbons (Fsp3) is 0.304. The van der Waals surface area contributed by atoms with E-state index in [0.29, 0.717) is 18.7 Å². The lowest BCUT2D eigenvalue weighted by Crippen LogP contribution is -2.49. The summed E-state index contributed by atoms with van der Waals surface area (Å²) >= 11 is 0. The second-order valence-electron chi connectivity index (χ2n) is 7.33. The van der Waals surface area contributed by atoms with Gasteiger partial charge in [-0.25, -0.2) is 4.79 Å². The second kappa shape index (κ2) is 7.60. The third kappa shape index (κ3) is 3.58. The molecule has 1 fully saturated rings. The first-order chi connectivity index (χ1) is 13.5. The van der Waals surface area contributed by atoms with Gasteiger partial charge in [0.05, 0.1) is 17.8 Å². The van der Waals surface area contributed by atoms with Crippen molar-refractivity contribution in [2.75, 3.05) is 19.7 Å². The van der Waals surface area contributed by atoms with Crippen LogP contribution in [0.1, 0.15) is 24.2 Å². The Morgan fingerprint density at radius 1 is 0.964 bits per heavy atom. The van der Waals surface area contributed by atoms with Gasteiger partial charge in [-0.2, -0.15) is 0 Å². The van der Waals surface area contributed by atoms with Crippen molar-refractivity contribution in [3.63, 3.8) is 0 Å². The highest BCUT2D eigenvalue weighted by molar-refractivity contribution is 6.16. The smallest absolute Gasteiger partial charge is 0.339 e. The van der Waals surface area contributed by atoms with Crippen molar-refractivity contribution in [2.24, 2.45) is 0 Å². The zero-order chi connectivity index (χ0) is 19.7. The first-order valence-electron chi connectivity index (χ1n) is 9.54. The quantitative estimate of drug-likeness (QED) is 0.515. The van der Waals surface area contributed by atoms with Crippen LogP contribution in [0.15, 0.2) is 54.6 Å². The van der Waals surface area contributed by atoms with Crippen molar-refractivity contribution in [3.05, 3.63) is 60.2 Å². The maximum Gasteiger partial charge on any atom is 0.339 e. The third-order valence-electron chi connectivity index (χ3n) is 5.07. The van der Waals surface area contributed by atoms with Gasteiger partial charge in [-0.3, -0.25) is 4.79 Å². The van der Waals surface area contributed by atoms with E-state index in [4.69, 9.17) is 9.47 Å². The number of morpholine rings is 1. The molecule has 0 N–H and O–H groups in total. The minimum absolute atomic E-state index is 0.0228. The van der Waals surface area contributed by atoms with Gasteiger partial charge in [0.1, 0.15) is 0 Å². The molecule has 0 bridgehead atoms. The van der Waals surface area contributed by atoms with Gasteiger partial charge in [0.15, 0.2) is 6.61 Å². The van der Waals surface area contributed by atoms with Gasteiger partial charge < -0.3 is 14.4 Å². The Hall–Kier alpha value is -2.92. The number of amides is 1. The molecule has 3 aromatic rings. The van der Waals surface area contributed by atoms with E-state index < -0.39 is 5.97 Å². The lowest BCUT2D eigenvalue weighted by atomic mass is 9.97. The summed E-state index contributed by atoms with van der Waals surface area (Å²) in [6, 6.07) is 17.5. The number of carbonyl (C=O) groups is 2. The van der Waals surface area contributed by atoms with Gasteiger partial charge >= 0.3 is 5.97 Å². The Morgan fingerprint density at radius 2 is 1.50 bits per heavy atom. The third-order valence-corrected chi connectivity index (χ3v) is 5.07. The van der Waals surface area contributed by atoms with Crippen molar-refractivity contribution >= 4 is 33.4 Å². The Bertz CT molecular complexity index is 981. The number of hydrogen-bond donors (Lipinski definition) is 0. The SMILES string of the molecule is C[C@@H]1CN(C(=O)COC(=O)c2c3ccccc3cc3ccccc23)C[C@@H](C)O1. The average molecular weight is 377 g/mol. The lowest BCUT2D eigenvalue weighted by Gasteiger charge is -2.35. The monoisotopic (exact) mass is 377 g/mol. The molecule has 1 amide bonds. The van der Waals surface area contributed by atoms with E-state index in [1.807, 2.05) is 62.4 Å². The molecule has 0 saturated carbocycles. The number of rotatable bonds is 3. The number of fused-ring (bicyclic) bond motifs is 2. The van der Waals surface area contributed by atoms with E-state index in [0.717, 1.165) is 21.5 Å². The molecule has 5 nitrogen and oxygen atoms in total. The van der Waals surface area contributed by atoms with Crippen molar-refractivity contribution in [1.82, 2.24) is 4.90 Å². The van der Waals surface area contributed by atoms with Crippen LogP contribution in [-0.2, 0) is 14.3 Å². The lowest BCUT2D eigenvalue weighted by molar-refractivity contribution is -0.146. The number of hydrogen-bond acceptors (Lipinski definition) is 4. The highest BCUT2D eigenvalue weighted by atomic mass is 16.5. The van der Waals surface area contributed by atoms with Gasteiger partial charge in [0.2, 0.25) is 0 Å². The normalized spacial score (nSPS) is 19.7. The second-order valence-corrected chi connectivity index (χ2v) is 7.33. The van der Waals surface area contributed by atoms with Crippen LogP contribution in [0.5, 0.6) is 0 Å². The van der Waals surface area contributed by atoms with Crippen LogP contribution in [0.2, 0.25) is 0 Å². The van der Waals surface area contributed by atoms with Crippen LogP contribution in [0.3, 0.4) is 0 Å². The largest absolute Gasteiger partial charge is 0.452 e. The molecule has 1 heterocycles. The van der Waals surface area contributed by atoms with Gasteiger partial charge in [-0.1, -0.05) is 48.5 Å². The topological polar surface area (TPSA) is 55.8 Å². The summed E-state index contributed by atoms with van der Waals surface area (Å²) in [4.78, 5) is 27.2. The molecular weight excluding hydrogens is 354 g/mol. The summed E-state index contributed by atoms with van der Waals surface area (Å²) in [5.41, 5.74) is 0.505. The molecule has 3 aromatic carbocycles. The van der Waals surface area contributed by atoms with Gasteiger partial charge in [-0.05, 0) is 41.5 Å². The summed E-state index contributed by atoms with van der Waals surface area (Å²) < 4.78 is 11.1. The van der Waals surface area contributed by atoms with Crippen molar-refractivity contribution in [1.29, 1.82) is 0 Å². The number of ether oxygens (including phenoxy) is 2. The van der Waals surface area contributed by atoms with Crippen LogP contribution in [0.25, 0.3) is 21.5 Å². The summed E-state index contributed by atoms with van der Waals surface area (Å²) in [5, 5.41) is 3.59. The van der Waals surface area contributed by atoms with E-state index in [-0.39, 0.29) is 24.7 Å². The predicted octanol–water partition coefficient (Wildman–Crippen LogP) is 3.79. The molecule has 4 rings (SSSR count). The molecule has 0 unspecified atom stereocenters. The molecule has 0 aromatic heterocycles. The van der Waals surface area contributed by atoms with Gasteiger partial charge in [-0.15, -0.1) is 0 Å². The first kappa shape index (κ1) is 18.4. The van der Waals surface area contributed by atoms with E-state index in [1.165, 1.54) is 0 Å². The van der Waals surface area contributed by atoms with Gasteiger partial charge in [0, 0.05) is 13.1 Å². The molecule has 0 radical (unpaired) electrons. The van der Waals surface area contributed by atoms with E-state index in [2.05, 4.69) is 6.07 Å². The Balaban J connectivity index is 1.59. The summed E-state index contributed by atoms with van der Waals surface area (Å²) in [6.07, 6.45) is -0.0455. The summed E-state index contributed by atoms with van der Waals surface area (Å²) in [7, 11) is 0. The molecule has 1 aliphatic heterocycles. The molecule has 28 heavy (non-hydrogen) atoms. The molecule has 1 aliphatic rings. The van der Waals surface area contributed by atoms with Crippen LogP contribution in [0, 0.1) is 0 Å². The minimum Gasteiger partial charge on any atom is -0.452 e. The van der Waals surface area contributed by atoms with Crippen molar-refractivity contribution in [2.45, 2.75) is 26.1 Å². The van der Waals surface area contributed by atoms with E-state index in [9.17, 15) is 9.59 Å². The Morgan fingerprint density at radius 3 is 2.07 bits per heavy atom. The van der Waals surface area contributed by atoms with Gasteiger partial charge in [0.25, 0.3) is 5.91 Å². The van der Waals surface area contributed by atoms with Crippen LogP contribution >= 0.6 is 0 Å².